The summed E-state index contributed by atoms with van der Waals surface area (Å²) in [5.41, 5.74) is 4.79. The van der Waals surface area contributed by atoms with E-state index in [0.717, 1.165) is 23.9 Å². The first-order valence-corrected chi connectivity index (χ1v) is 10.7. The van der Waals surface area contributed by atoms with E-state index in [-0.39, 0.29) is 11.6 Å². The van der Waals surface area contributed by atoms with Crippen LogP contribution in [0.3, 0.4) is 0 Å². The third-order valence-corrected chi connectivity index (χ3v) is 6.64. The molecule has 6 nitrogen and oxygen atoms in total. The maximum absolute atomic E-state index is 13.3. The lowest BCUT2D eigenvalue weighted by Gasteiger charge is -2.41. The van der Waals surface area contributed by atoms with E-state index in [9.17, 15) is 18.0 Å². The van der Waals surface area contributed by atoms with Crippen molar-refractivity contribution >= 4 is 23.7 Å². The van der Waals surface area contributed by atoms with Gasteiger partial charge in [0.25, 0.3) is 5.91 Å². The highest BCUT2D eigenvalue weighted by Gasteiger charge is 2.45. The van der Waals surface area contributed by atoms with Crippen molar-refractivity contribution < 1.29 is 18.0 Å². The van der Waals surface area contributed by atoms with E-state index in [4.69, 9.17) is 11.6 Å². The largest absolute Gasteiger partial charge is 0.417 e. The third-order valence-electron chi connectivity index (χ3n) is 6.23. The molecule has 32 heavy (non-hydrogen) atoms. The summed E-state index contributed by atoms with van der Waals surface area (Å²) >= 11 is 6.02. The molecule has 2 unspecified atom stereocenters. The number of likely N-dealkylation sites (N-methyl/N-ethyl adjacent to an activating group) is 1. The number of carbonyl (C=O) groups is 1. The predicted molar refractivity (Wildman–Crippen MR) is 117 cm³/mol. The number of nitrogens with zero attached hydrogens (tertiary/aromatic N) is 4. The SMILES string of the molecule is CC1=CC=NC(C)(N2NN(C)C3=C2CCN(C(=O)c2cccc(C(F)(F)F)c2Cl)C3C)C1. The Labute approximate surface area is 190 Å². The minimum atomic E-state index is -4.63. The van der Waals surface area contributed by atoms with Crippen molar-refractivity contribution in [3.63, 3.8) is 0 Å². The van der Waals surface area contributed by atoms with Crippen LogP contribution in [0.2, 0.25) is 5.02 Å². The molecule has 0 bridgehead atoms. The van der Waals surface area contributed by atoms with Crippen molar-refractivity contribution in [1.29, 1.82) is 0 Å². The van der Waals surface area contributed by atoms with Gasteiger partial charge >= 0.3 is 6.18 Å². The highest BCUT2D eigenvalue weighted by Crippen LogP contribution is 2.40. The van der Waals surface area contributed by atoms with Gasteiger partial charge in [0, 0.05) is 32.6 Å². The molecule has 0 saturated carbocycles. The second-order valence-electron chi connectivity index (χ2n) is 8.60. The van der Waals surface area contributed by atoms with E-state index in [0.29, 0.717) is 13.0 Å². The van der Waals surface area contributed by atoms with E-state index in [2.05, 4.69) is 17.5 Å². The van der Waals surface area contributed by atoms with E-state index in [1.54, 1.807) is 11.1 Å². The van der Waals surface area contributed by atoms with Crippen LogP contribution in [0, 0.1) is 0 Å². The van der Waals surface area contributed by atoms with Crippen LogP contribution in [-0.4, -0.2) is 52.3 Å². The molecule has 0 spiro atoms. The number of carbonyl (C=O) groups excluding carboxylic acids is 1. The summed E-state index contributed by atoms with van der Waals surface area (Å²) in [4.78, 5) is 19.5. The summed E-state index contributed by atoms with van der Waals surface area (Å²) in [6.45, 7) is 6.32. The summed E-state index contributed by atoms with van der Waals surface area (Å²) < 4.78 is 39.8. The molecule has 0 radical (unpaired) electrons. The van der Waals surface area contributed by atoms with Crippen LogP contribution in [0.15, 0.2) is 46.2 Å². The predicted octanol–water partition coefficient (Wildman–Crippen LogP) is 4.61. The van der Waals surface area contributed by atoms with Crippen molar-refractivity contribution in [1.82, 2.24) is 20.5 Å². The van der Waals surface area contributed by atoms with Crippen molar-refractivity contribution in [3.05, 3.63) is 57.4 Å². The molecule has 3 aliphatic heterocycles. The van der Waals surface area contributed by atoms with Gasteiger partial charge in [0.15, 0.2) is 0 Å². The maximum atomic E-state index is 13.3. The fourth-order valence-corrected chi connectivity index (χ4v) is 5.06. The molecule has 3 aliphatic rings. The fraction of sp³-hybridized carbons (Fsp3) is 0.455. The second kappa shape index (κ2) is 7.81. The molecule has 172 valence electrons. The van der Waals surface area contributed by atoms with Gasteiger partial charge in [-0.3, -0.25) is 19.8 Å². The molecule has 1 amide bonds. The Kier molecular flexibility index (Phi) is 5.53. The summed E-state index contributed by atoms with van der Waals surface area (Å²) in [7, 11) is 1.86. The first kappa shape index (κ1) is 22.7. The molecule has 1 aromatic rings. The summed E-state index contributed by atoms with van der Waals surface area (Å²) in [5.74, 6) is -0.521. The molecule has 10 heteroatoms. The molecular formula is C22H25ClF3N5O. The van der Waals surface area contributed by atoms with Crippen LogP contribution in [0.4, 0.5) is 13.2 Å². The number of benzene rings is 1. The van der Waals surface area contributed by atoms with Gasteiger partial charge < -0.3 is 4.90 Å². The quantitative estimate of drug-likeness (QED) is 0.690. The number of alkyl halides is 3. The van der Waals surface area contributed by atoms with Crippen LogP contribution in [-0.2, 0) is 6.18 Å². The second-order valence-corrected chi connectivity index (χ2v) is 8.98. The standard InChI is InChI=1S/C22H25ClF3N5O/c1-13-8-10-27-21(3,12-13)31-17-9-11-30(14(2)19(17)29(4)28-31)20(32)15-6-5-7-16(18(15)23)22(24,25)26/h5-8,10,14,28H,9,11-12H2,1-4H3. The Bertz CT molecular complexity index is 1050. The fourth-order valence-electron chi connectivity index (χ4n) is 4.74. The van der Waals surface area contributed by atoms with Gasteiger partial charge in [-0.2, -0.15) is 13.2 Å². The number of dihydropyridines is 1. The van der Waals surface area contributed by atoms with Gasteiger partial charge in [-0.15, -0.1) is 5.53 Å². The number of nitrogens with one attached hydrogen (secondary N) is 1. The van der Waals surface area contributed by atoms with Crippen molar-refractivity contribution in [2.45, 2.75) is 51.5 Å². The van der Waals surface area contributed by atoms with Gasteiger partial charge in [0.05, 0.1) is 33.6 Å². The normalized spacial score (nSPS) is 25.9. The number of halogens is 4. The zero-order chi connectivity index (χ0) is 23.4. The summed E-state index contributed by atoms with van der Waals surface area (Å²) in [5, 5.41) is 3.31. The lowest BCUT2D eigenvalue weighted by molar-refractivity contribution is -0.137. The smallest absolute Gasteiger partial charge is 0.330 e. The molecule has 1 aromatic carbocycles. The topological polar surface area (TPSA) is 51.2 Å². The maximum Gasteiger partial charge on any atom is 0.417 e. The molecule has 4 rings (SSSR count). The van der Waals surface area contributed by atoms with Gasteiger partial charge in [0.2, 0.25) is 0 Å². The van der Waals surface area contributed by atoms with E-state index in [1.807, 2.05) is 37.0 Å². The van der Waals surface area contributed by atoms with E-state index in [1.165, 1.54) is 17.7 Å². The first-order chi connectivity index (χ1) is 14.9. The molecule has 0 fully saturated rings. The molecule has 3 heterocycles. The van der Waals surface area contributed by atoms with Gasteiger partial charge in [-0.25, -0.2) is 0 Å². The van der Waals surface area contributed by atoms with E-state index < -0.39 is 28.3 Å². The molecule has 0 saturated heterocycles. The highest BCUT2D eigenvalue weighted by molar-refractivity contribution is 6.34. The molecule has 2 atom stereocenters. The number of allylic oxidation sites excluding steroid dienone is 1. The van der Waals surface area contributed by atoms with Gasteiger partial charge in [0.1, 0.15) is 5.66 Å². The lowest BCUT2D eigenvalue weighted by atomic mass is 9.96. The number of hydrazine groups is 2. The zero-order valence-corrected chi connectivity index (χ0v) is 19.1. The van der Waals surface area contributed by atoms with E-state index >= 15 is 0 Å². The number of hydrogen-bond acceptors (Lipinski definition) is 5. The lowest BCUT2D eigenvalue weighted by Crippen LogP contribution is -2.52. The van der Waals surface area contributed by atoms with Crippen molar-refractivity contribution in [2.24, 2.45) is 4.99 Å². The molecule has 0 aliphatic carbocycles. The minimum absolute atomic E-state index is 0.146. The van der Waals surface area contributed by atoms with Crippen LogP contribution in [0.5, 0.6) is 0 Å². The van der Waals surface area contributed by atoms with Crippen molar-refractivity contribution in [3.8, 4) is 0 Å². The number of aliphatic imine (C=N–C) groups is 1. The molecule has 0 aromatic heterocycles. The summed E-state index contributed by atoms with van der Waals surface area (Å²) in [6, 6.07) is 3.07. The van der Waals surface area contributed by atoms with Crippen LogP contribution in [0.25, 0.3) is 0 Å². The zero-order valence-electron chi connectivity index (χ0n) is 18.3. The Hall–Kier alpha value is -2.52. The first-order valence-electron chi connectivity index (χ1n) is 10.3. The molecule has 1 N–H and O–H groups in total. The Morgan fingerprint density at radius 2 is 2.06 bits per heavy atom. The minimum Gasteiger partial charge on any atom is -0.330 e. The summed E-state index contributed by atoms with van der Waals surface area (Å²) in [6.07, 6.45) is 0.441. The van der Waals surface area contributed by atoms with Crippen LogP contribution < -0.4 is 5.53 Å². The Balaban J connectivity index is 1.65. The molecular weight excluding hydrogens is 443 g/mol. The average Bonchev–Trinajstić information content (AvgIpc) is 3.05. The third kappa shape index (κ3) is 3.67. The van der Waals surface area contributed by atoms with Gasteiger partial charge in [-0.05, 0) is 39.0 Å². The Morgan fingerprint density at radius 3 is 2.72 bits per heavy atom. The number of rotatable bonds is 2. The highest BCUT2D eigenvalue weighted by atomic mass is 35.5. The van der Waals surface area contributed by atoms with Crippen molar-refractivity contribution in [2.75, 3.05) is 13.6 Å². The van der Waals surface area contributed by atoms with Crippen LogP contribution >= 0.6 is 11.6 Å². The van der Waals surface area contributed by atoms with Gasteiger partial charge in [-0.1, -0.05) is 23.2 Å². The number of hydrogen-bond donors (Lipinski definition) is 1. The average molecular weight is 468 g/mol. The van der Waals surface area contributed by atoms with Crippen LogP contribution in [0.1, 0.15) is 49.5 Å². The monoisotopic (exact) mass is 467 g/mol. The Morgan fingerprint density at radius 1 is 1.34 bits per heavy atom. The number of amides is 1.